The molecule has 1 aliphatic rings. The molecule has 2 nitrogen and oxygen atoms in total. The summed E-state index contributed by atoms with van der Waals surface area (Å²) in [5.74, 6) is -0.881. The van der Waals surface area contributed by atoms with E-state index in [-0.39, 0.29) is 11.3 Å². The van der Waals surface area contributed by atoms with Gasteiger partial charge in [-0.05, 0) is 31.3 Å². The van der Waals surface area contributed by atoms with Gasteiger partial charge in [0.05, 0.1) is 5.97 Å². The fraction of sp³-hybridized carbons (Fsp3) is 0.583. The molecular weight excluding hydrogens is 176 g/mol. The van der Waals surface area contributed by atoms with E-state index in [0.29, 0.717) is 0 Å². The molecule has 0 aromatic rings. The van der Waals surface area contributed by atoms with E-state index >= 15 is 0 Å². The third-order valence-corrected chi connectivity index (χ3v) is 3.01. The van der Waals surface area contributed by atoms with Gasteiger partial charge in [0.25, 0.3) is 0 Å². The summed E-state index contributed by atoms with van der Waals surface area (Å²) >= 11 is 0. The van der Waals surface area contributed by atoms with Crippen LogP contribution in [0.4, 0.5) is 0 Å². The highest BCUT2D eigenvalue weighted by Crippen LogP contribution is 2.41. The predicted octanol–water partition coefficient (Wildman–Crippen LogP) is 1.67. The Bertz CT molecular complexity index is 285. The number of carboxylic acids is 1. The van der Waals surface area contributed by atoms with Gasteiger partial charge in [-0.2, -0.15) is 0 Å². The zero-order valence-electron chi connectivity index (χ0n) is 9.04. The molecule has 0 radical (unpaired) electrons. The lowest BCUT2D eigenvalue weighted by atomic mass is 9.68. The quantitative estimate of drug-likeness (QED) is 0.494. The standard InChI is InChI=1S/C12H18O2/c1-9-5-4-8-12(2,3)10(9)6-7-11(13)14/h5-7,10H,4,8H2,1-3H3,(H,13,14)/p-1/b7-6+. The molecule has 0 aromatic heterocycles. The lowest BCUT2D eigenvalue weighted by Crippen LogP contribution is -2.27. The summed E-state index contributed by atoms with van der Waals surface area (Å²) in [5, 5.41) is 10.3. The molecule has 14 heavy (non-hydrogen) atoms. The fourth-order valence-electron chi connectivity index (χ4n) is 2.16. The maximum atomic E-state index is 10.3. The lowest BCUT2D eigenvalue weighted by molar-refractivity contribution is -0.297. The molecule has 0 spiro atoms. The zero-order valence-corrected chi connectivity index (χ0v) is 9.04. The minimum absolute atomic E-state index is 0.158. The van der Waals surface area contributed by atoms with Crippen LogP contribution in [0.1, 0.15) is 33.6 Å². The van der Waals surface area contributed by atoms with Crippen molar-refractivity contribution < 1.29 is 9.90 Å². The molecule has 1 atom stereocenters. The van der Waals surface area contributed by atoms with Gasteiger partial charge in [0, 0.05) is 5.92 Å². The van der Waals surface area contributed by atoms with Crippen LogP contribution in [-0.4, -0.2) is 5.97 Å². The Hall–Kier alpha value is -1.05. The summed E-state index contributed by atoms with van der Waals surface area (Å²) in [6.45, 7) is 6.41. The summed E-state index contributed by atoms with van der Waals surface area (Å²) in [5.41, 5.74) is 1.42. The van der Waals surface area contributed by atoms with Crippen LogP contribution >= 0.6 is 0 Å². The first-order chi connectivity index (χ1) is 6.43. The van der Waals surface area contributed by atoms with Crippen molar-refractivity contribution in [2.24, 2.45) is 11.3 Å². The molecule has 0 heterocycles. The van der Waals surface area contributed by atoms with Gasteiger partial charge in [-0.1, -0.05) is 31.6 Å². The highest BCUT2D eigenvalue weighted by molar-refractivity contribution is 5.77. The SMILES string of the molecule is CC1=CCCC(C)(C)C1/C=C/C(=O)[O-]. The van der Waals surface area contributed by atoms with Gasteiger partial charge < -0.3 is 9.90 Å². The number of carbonyl (C=O) groups excluding carboxylic acids is 1. The predicted molar refractivity (Wildman–Crippen MR) is 54.4 cm³/mol. The molecule has 0 aromatic carbocycles. The summed E-state index contributed by atoms with van der Waals surface area (Å²) in [6.07, 6.45) is 7.28. The summed E-state index contributed by atoms with van der Waals surface area (Å²) in [6, 6.07) is 0. The molecule has 0 amide bonds. The van der Waals surface area contributed by atoms with Crippen molar-refractivity contribution in [1.29, 1.82) is 0 Å². The van der Waals surface area contributed by atoms with E-state index in [0.717, 1.165) is 18.9 Å². The van der Waals surface area contributed by atoms with Gasteiger partial charge in [-0.25, -0.2) is 0 Å². The summed E-state index contributed by atoms with van der Waals surface area (Å²) in [7, 11) is 0. The second-order valence-corrected chi connectivity index (χ2v) is 4.63. The molecule has 0 N–H and O–H groups in total. The Morgan fingerprint density at radius 3 is 2.79 bits per heavy atom. The van der Waals surface area contributed by atoms with Crippen LogP contribution in [0.3, 0.4) is 0 Å². The van der Waals surface area contributed by atoms with Crippen molar-refractivity contribution in [3.63, 3.8) is 0 Å². The van der Waals surface area contributed by atoms with Crippen molar-refractivity contribution in [2.75, 3.05) is 0 Å². The number of carboxylic acid groups (broad SMARTS) is 1. The molecule has 1 rings (SSSR count). The van der Waals surface area contributed by atoms with E-state index in [1.54, 1.807) is 6.08 Å². The van der Waals surface area contributed by atoms with Gasteiger partial charge in [0.2, 0.25) is 0 Å². The van der Waals surface area contributed by atoms with E-state index in [2.05, 4.69) is 26.8 Å². The highest BCUT2D eigenvalue weighted by Gasteiger charge is 2.30. The number of hydrogen-bond donors (Lipinski definition) is 0. The Morgan fingerprint density at radius 2 is 2.29 bits per heavy atom. The smallest absolute Gasteiger partial charge is 0.0639 e. The normalized spacial score (nSPS) is 26.2. The van der Waals surface area contributed by atoms with E-state index < -0.39 is 5.97 Å². The largest absolute Gasteiger partial charge is 0.545 e. The average Bonchev–Trinajstić information content (AvgIpc) is 2.01. The van der Waals surface area contributed by atoms with Crippen LogP contribution in [0.15, 0.2) is 23.8 Å². The van der Waals surface area contributed by atoms with Crippen LogP contribution in [0.25, 0.3) is 0 Å². The highest BCUT2D eigenvalue weighted by atomic mass is 16.4. The Kier molecular flexibility index (Phi) is 3.14. The summed E-state index contributed by atoms with van der Waals surface area (Å²) < 4.78 is 0. The second-order valence-electron chi connectivity index (χ2n) is 4.63. The molecule has 1 aliphatic carbocycles. The van der Waals surface area contributed by atoms with Crippen LogP contribution in [-0.2, 0) is 4.79 Å². The average molecular weight is 193 g/mol. The number of rotatable bonds is 2. The number of aliphatic carboxylic acids is 1. The molecule has 1 unspecified atom stereocenters. The Labute approximate surface area is 85.3 Å². The van der Waals surface area contributed by atoms with E-state index in [1.807, 2.05) is 0 Å². The molecule has 2 heteroatoms. The minimum Gasteiger partial charge on any atom is -0.545 e. The second kappa shape index (κ2) is 3.99. The van der Waals surface area contributed by atoms with Crippen LogP contribution in [0, 0.1) is 11.3 Å². The molecular formula is C12H17O2-. The van der Waals surface area contributed by atoms with Gasteiger partial charge in [-0.3, -0.25) is 0 Å². The first-order valence-corrected chi connectivity index (χ1v) is 4.99. The van der Waals surface area contributed by atoms with Crippen molar-refractivity contribution in [2.45, 2.75) is 33.6 Å². The lowest BCUT2D eigenvalue weighted by Gasteiger charge is -2.36. The molecule has 0 bridgehead atoms. The maximum absolute atomic E-state index is 10.3. The van der Waals surface area contributed by atoms with E-state index in [1.165, 1.54) is 5.57 Å². The fourth-order valence-corrected chi connectivity index (χ4v) is 2.16. The molecule has 0 fully saturated rings. The zero-order chi connectivity index (χ0) is 10.8. The van der Waals surface area contributed by atoms with Gasteiger partial charge in [0.1, 0.15) is 0 Å². The minimum atomic E-state index is -1.11. The molecule has 0 aliphatic heterocycles. The molecule has 78 valence electrons. The number of allylic oxidation sites excluding steroid dienone is 3. The van der Waals surface area contributed by atoms with Crippen molar-refractivity contribution in [3.05, 3.63) is 23.8 Å². The maximum Gasteiger partial charge on any atom is 0.0639 e. The first kappa shape index (κ1) is 11.0. The molecule has 0 saturated carbocycles. The van der Waals surface area contributed by atoms with Crippen molar-refractivity contribution in [3.8, 4) is 0 Å². The van der Waals surface area contributed by atoms with Gasteiger partial charge in [-0.15, -0.1) is 0 Å². The first-order valence-electron chi connectivity index (χ1n) is 4.99. The Balaban J connectivity index is 2.86. The van der Waals surface area contributed by atoms with Crippen LogP contribution in [0.5, 0.6) is 0 Å². The van der Waals surface area contributed by atoms with Crippen LogP contribution in [0.2, 0.25) is 0 Å². The summed E-state index contributed by atoms with van der Waals surface area (Å²) in [4.78, 5) is 10.3. The topological polar surface area (TPSA) is 40.1 Å². The van der Waals surface area contributed by atoms with Gasteiger partial charge in [0.15, 0.2) is 0 Å². The van der Waals surface area contributed by atoms with E-state index in [4.69, 9.17) is 0 Å². The van der Waals surface area contributed by atoms with Crippen LogP contribution < -0.4 is 5.11 Å². The monoisotopic (exact) mass is 193 g/mol. The third-order valence-electron chi connectivity index (χ3n) is 3.01. The van der Waals surface area contributed by atoms with Crippen molar-refractivity contribution >= 4 is 5.97 Å². The third kappa shape index (κ3) is 2.47. The van der Waals surface area contributed by atoms with E-state index in [9.17, 15) is 9.90 Å². The van der Waals surface area contributed by atoms with Gasteiger partial charge >= 0.3 is 0 Å². The Morgan fingerprint density at radius 1 is 1.64 bits per heavy atom. The molecule has 0 saturated heterocycles. The number of carbonyl (C=O) groups is 1. The number of hydrogen-bond acceptors (Lipinski definition) is 2. The van der Waals surface area contributed by atoms with Crippen molar-refractivity contribution in [1.82, 2.24) is 0 Å².